The van der Waals surface area contributed by atoms with E-state index in [1.54, 1.807) is 7.05 Å². The highest BCUT2D eigenvalue weighted by Gasteiger charge is 2.35. The lowest BCUT2D eigenvalue weighted by molar-refractivity contribution is -0.127. The topological polar surface area (TPSA) is 67.2 Å². The zero-order valence-electron chi connectivity index (χ0n) is 18.5. The number of imidazole rings is 1. The molecule has 0 saturated carbocycles. The standard InChI is InChI=1S/C24H30N4O2/c1-24(2,3)18(23(30)25-4)15-20(29)22-19-16-27(5)13-14-28(19)21(26-22)12-11-17-9-7-6-8-10-17/h6-10,18H,13-16H2,1-5H3,(H,25,30)/t18-/m1/s1. The minimum atomic E-state index is -0.424. The molecular weight excluding hydrogens is 376 g/mol. The molecule has 0 spiro atoms. The van der Waals surface area contributed by atoms with Crippen molar-refractivity contribution >= 4 is 11.7 Å². The monoisotopic (exact) mass is 406 g/mol. The van der Waals surface area contributed by atoms with Crippen molar-refractivity contribution in [2.75, 3.05) is 20.6 Å². The van der Waals surface area contributed by atoms with Crippen molar-refractivity contribution in [2.45, 2.75) is 40.3 Å². The van der Waals surface area contributed by atoms with E-state index < -0.39 is 5.92 Å². The fourth-order valence-electron chi connectivity index (χ4n) is 3.71. The van der Waals surface area contributed by atoms with Crippen molar-refractivity contribution in [1.82, 2.24) is 19.8 Å². The molecule has 6 nitrogen and oxygen atoms in total. The Balaban J connectivity index is 1.96. The SMILES string of the molecule is CNC(=O)[C@@H](CC(=O)c1nc(C#Cc2ccccc2)n2c1CN(C)CC2)C(C)(C)C. The summed E-state index contributed by atoms with van der Waals surface area (Å²) in [6.07, 6.45) is 0.127. The van der Waals surface area contributed by atoms with E-state index in [0.717, 1.165) is 24.3 Å². The van der Waals surface area contributed by atoms with Crippen LogP contribution in [-0.4, -0.2) is 46.8 Å². The van der Waals surface area contributed by atoms with Gasteiger partial charge in [-0.1, -0.05) is 44.9 Å². The van der Waals surface area contributed by atoms with Crippen LogP contribution in [0, 0.1) is 23.2 Å². The summed E-state index contributed by atoms with van der Waals surface area (Å²) in [7, 11) is 3.64. The maximum Gasteiger partial charge on any atom is 0.223 e. The molecule has 158 valence electrons. The fourth-order valence-corrected chi connectivity index (χ4v) is 3.71. The van der Waals surface area contributed by atoms with Crippen molar-refractivity contribution in [1.29, 1.82) is 0 Å². The van der Waals surface area contributed by atoms with E-state index in [9.17, 15) is 9.59 Å². The van der Waals surface area contributed by atoms with Gasteiger partial charge in [0.2, 0.25) is 5.91 Å². The third kappa shape index (κ3) is 4.80. The molecular formula is C24H30N4O2. The summed E-state index contributed by atoms with van der Waals surface area (Å²) in [6, 6.07) is 9.74. The molecule has 1 aromatic heterocycles. The highest BCUT2D eigenvalue weighted by Crippen LogP contribution is 2.31. The molecule has 0 fully saturated rings. The molecule has 1 aliphatic heterocycles. The second-order valence-electron chi connectivity index (χ2n) is 8.90. The molecule has 6 heteroatoms. The number of rotatable bonds is 4. The molecule has 1 amide bonds. The molecule has 0 radical (unpaired) electrons. The predicted molar refractivity (Wildman–Crippen MR) is 117 cm³/mol. The number of ketones is 1. The van der Waals surface area contributed by atoms with Gasteiger partial charge < -0.3 is 9.88 Å². The number of nitrogens with zero attached hydrogens (tertiary/aromatic N) is 3. The Bertz CT molecular complexity index is 990. The summed E-state index contributed by atoms with van der Waals surface area (Å²) in [5.74, 6) is 6.25. The Hall–Kier alpha value is -2.91. The molecule has 0 bridgehead atoms. The predicted octanol–water partition coefficient (Wildman–Crippen LogP) is 2.71. The summed E-state index contributed by atoms with van der Waals surface area (Å²) < 4.78 is 2.05. The van der Waals surface area contributed by atoms with Crippen LogP contribution < -0.4 is 5.32 Å². The number of aromatic nitrogens is 2. The molecule has 0 unspecified atom stereocenters. The molecule has 1 aromatic carbocycles. The molecule has 3 rings (SSSR count). The second kappa shape index (κ2) is 8.85. The lowest BCUT2D eigenvalue weighted by atomic mass is 9.77. The van der Waals surface area contributed by atoms with Gasteiger partial charge in [-0.05, 0) is 30.5 Å². The number of Topliss-reactive ketones (excluding diaryl/α,β-unsaturated/α-hetero) is 1. The highest BCUT2D eigenvalue weighted by atomic mass is 16.2. The Morgan fingerprint density at radius 2 is 1.87 bits per heavy atom. The first-order valence-corrected chi connectivity index (χ1v) is 10.3. The Labute approximate surface area is 178 Å². The Morgan fingerprint density at radius 3 is 2.50 bits per heavy atom. The van der Waals surface area contributed by atoms with Gasteiger partial charge in [0, 0.05) is 38.7 Å². The van der Waals surface area contributed by atoms with Gasteiger partial charge in [0.15, 0.2) is 11.6 Å². The number of likely N-dealkylation sites (N-methyl/N-ethyl adjacent to an activating group) is 1. The summed E-state index contributed by atoms with van der Waals surface area (Å²) in [4.78, 5) is 32.5. The zero-order chi connectivity index (χ0) is 21.9. The molecule has 0 saturated heterocycles. The molecule has 1 N–H and O–H groups in total. The van der Waals surface area contributed by atoms with Gasteiger partial charge in [0.25, 0.3) is 0 Å². The maximum absolute atomic E-state index is 13.3. The van der Waals surface area contributed by atoms with Crippen LogP contribution in [0.5, 0.6) is 0 Å². The number of nitrogens with one attached hydrogen (secondary N) is 1. The van der Waals surface area contributed by atoms with E-state index in [1.807, 2.05) is 58.2 Å². The number of benzene rings is 1. The van der Waals surface area contributed by atoms with Crippen LogP contribution in [-0.2, 0) is 17.9 Å². The zero-order valence-corrected chi connectivity index (χ0v) is 18.5. The fraction of sp³-hybridized carbons (Fsp3) is 0.458. The largest absolute Gasteiger partial charge is 0.359 e. The maximum atomic E-state index is 13.3. The summed E-state index contributed by atoms with van der Waals surface area (Å²) in [5, 5.41) is 2.69. The molecule has 1 atom stereocenters. The van der Waals surface area contributed by atoms with E-state index in [4.69, 9.17) is 0 Å². The minimum absolute atomic E-state index is 0.106. The van der Waals surface area contributed by atoms with Gasteiger partial charge in [0.05, 0.1) is 11.6 Å². The number of carbonyl (C=O) groups excluding carboxylic acids is 2. The minimum Gasteiger partial charge on any atom is -0.359 e. The first kappa shape index (κ1) is 21.8. The first-order valence-electron chi connectivity index (χ1n) is 10.3. The lowest BCUT2D eigenvalue weighted by Gasteiger charge is -2.29. The highest BCUT2D eigenvalue weighted by molar-refractivity contribution is 5.98. The van der Waals surface area contributed by atoms with E-state index in [-0.39, 0.29) is 23.5 Å². The Kier molecular flexibility index (Phi) is 6.42. The average Bonchev–Trinajstić information content (AvgIpc) is 3.07. The van der Waals surface area contributed by atoms with Crippen LogP contribution in [0.1, 0.15) is 54.8 Å². The van der Waals surface area contributed by atoms with E-state index in [1.165, 1.54) is 0 Å². The quantitative estimate of drug-likeness (QED) is 0.626. The molecule has 0 aliphatic carbocycles. The number of hydrogen-bond acceptors (Lipinski definition) is 4. The van der Waals surface area contributed by atoms with E-state index in [2.05, 4.69) is 31.6 Å². The third-order valence-corrected chi connectivity index (χ3v) is 5.55. The summed E-state index contributed by atoms with van der Waals surface area (Å²) in [6.45, 7) is 8.19. The van der Waals surface area contributed by atoms with Crippen molar-refractivity contribution < 1.29 is 9.59 Å². The summed E-state index contributed by atoms with van der Waals surface area (Å²) >= 11 is 0. The van der Waals surface area contributed by atoms with Gasteiger partial charge in [0.1, 0.15) is 5.69 Å². The Morgan fingerprint density at radius 1 is 1.17 bits per heavy atom. The third-order valence-electron chi connectivity index (χ3n) is 5.55. The van der Waals surface area contributed by atoms with Gasteiger partial charge in [-0.3, -0.25) is 14.5 Å². The van der Waals surface area contributed by atoms with Crippen LogP contribution in [0.3, 0.4) is 0 Å². The van der Waals surface area contributed by atoms with Crippen molar-refractivity contribution in [3.05, 3.63) is 53.1 Å². The van der Waals surface area contributed by atoms with Crippen LogP contribution in [0.4, 0.5) is 0 Å². The smallest absolute Gasteiger partial charge is 0.223 e. The van der Waals surface area contributed by atoms with E-state index >= 15 is 0 Å². The molecule has 1 aliphatic rings. The molecule has 2 aromatic rings. The average molecular weight is 407 g/mol. The second-order valence-corrected chi connectivity index (χ2v) is 8.90. The van der Waals surface area contributed by atoms with Crippen LogP contribution in [0.25, 0.3) is 0 Å². The van der Waals surface area contributed by atoms with Crippen molar-refractivity contribution in [3.8, 4) is 11.8 Å². The van der Waals surface area contributed by atoms with Gasteiger partial charge >= 0.3 is 0 Å². The molecule has 2 heterocycles. The molecule has 30 heavy (non-hydrogen) atoms. The summed E-state index contributed by atoms with van der Waals surface area (Å²) in [5.41, 5.74) is 1.90. The number of carbonyl (C=O) groups is 2. The normalized spacial score (nSPS) is 15.0. The van der Waals surface area contributed by atoms with Gasteiger partial charge in [-0.25, -0.2) is 4.98 Å². The van der Waals surface area contributed by atoms with Crippen LogP contribution >= 0.6 is 0 Å². The van der Waals surface area contributed by atoms with Crippen molar-refractivity contribution in [2.24, 2.45) is 11.3 Å². The first-order chi connectivity index (χ1) is 14.2. The number of amides is 1. The van der Waals surface area contributed by atoms with Crippen molar-refractivity contribution in [3.63, 3.8) is 0 Å². The van der Waals surface area contributed by atoms with Crippen LogP contribution in [0.2, 0.25) is 0 Å². The number of hydrogen-bond donors (Lipinski definition) is 1. The van der Waals surface area contributed by atoms with E-state index in [0.29, 0.717) is 18.1 Å². The lowest BCUT2D eigenvalue weighted by Crippen LogP contribution is -2.38. The number of fused-ring (bicyclic) bond motifs is 1. The van der Waals surface area contributed by atoms with Crippen LogP contribution in [0.15, 0.2) is 30.3 Å². The van der Waals surface area contributed by atoms with Gasteiger partial charge in [-0.2, -0.15) is 0 Å². The van der Waals surface area contributed by atoms with Gasteiger partial charge in [-0.15, -0.1) is 0 Å².